The smallest absolute Gasteiger partial charge is 0.250 e. The molecule has 3 aliphatic heterocycles. The minimum Gasteiger partial charge on any atom is -0.392 e. The van der Waals surface area contributed by atoms with Crippen molar-refractivity contribution in [1.82, 2.24) is 10.2 Å². The molecule has 160 valence electrons. The number of fused-ring (bicyclic) bond motifs is 4. The molecule has 3 aliphatic rings. The molecular weight excluding hydrogens is 441 g/mol. The molecule has 0 unspecified atom stereocenters. The number of benzene rings is 2. The summed E-state index contributed by atoms with van der Waals surface area (Å²) in [4.78, 5) is 41.4. The highest BCUT2D eigenvalue weighted by atomic mass is 35.5. The molecule has 2 saturated heterocycles. The largest absolute Gasteiger partial charge is 0.392 e. The molecule has 1 spiro atoms. The van der Waals surface area contributed by atoms with Crippen molar-refractivity contribution in [3.8, 4) is 0 Å². The van der Waals surface area contributed by atoms with Crippen molar-refractivity contribution in [3.63, 3.8) is 0 Å². The molecule has 7 nitrogen and oxygen atoms in total. The Kier molecular flexibility index (Phi) is 4.64. The van der Waals surface area contributed by atoms with Crippen molar-refractivity contribution < 1.29 is 19.5 Å². The molecule has 2 aromatic carbocycles. The van der Waals surface area contributed by atoms with Crippen LogP contribution in [-0.4, -0.2) is 39.9 Å². The number of imide groups is 1. The molecule has 3 amide bonds. The van der Waals surface area contributed by atoms with E-state index in [-0.39, 0.29) is 6.54 Å². The maximum Gasteiger partial charge on any atom is 0.250 e. The number of para-hydroxylation sites is 1. The number of nitrogens with zero attached hydrogens (tertiary/aromatic N) is 1. The minimum absolute atomic E-state index is 0.00300. The highest BCUT2D eigenvalue weighted by Crippen LogP contribution is 2.54. The second-order valence-corrected chi connectivity index (χ2v) is 9.01. The lowest BCUT2D eigenvalue weighted by Gasteiger charge is -2.30. The van der Waals surface area contributed by atoms with Gasteiger partial charge in [0.1, 0.15) is 5.54 Å². The summed E-state index contributed by atoms with van der Waals surface area (Å²) in [7, 11) is 0. The Morgan fingerprint density at radius 2 is 1.77 bits per heavy atom. The van der Waals surface area contributed by atoms with Gasteiger partial charge in [0.05, 0.1) is 35.2 Å². The first-order chi connectivity index (χ1) is 14.8. The zero-order valence-electron chi connectivity index (χ0n) is 16.4. The molecule has 2 fully saturated rings. The van der Waals surface area contributed by atoms with Crippen LogP contribution in [-0.2, 0) is 26.5 Å². The fourth-order valence-electron chi connectivity index (χ4n) is 5.15. The quantitative estimate of drug-likeness (QED) is 0.611. The van der Waals surface area contributed by atoms with Gasteiger partial charge in [0.15, 0.2) is 0 Å². The summed E-state index contributed by atoms with van der Waals surface area (Å²) in [5, 5.41) is 17.1. The number of aliphatic hydroxyl groups excluding tert-OH is 1. The SMILES string of the molecule is C[C@H](O)[C@@H]1N[C@]2(C(=O)Nc3c(Cl)cccc32)[C@@H]2C(=O)N(Cc3ccccc3Cl)C(=O)[C@H]12. The number of hydrogen-bond donors (Lipinski definition) is 3. The number of halogens is 2. The van der Waals surface area contributed by atoms with Crippen LogP contribution in [0.2, 0.25) is 10.0 Å². The lowest BCUT2D eigenvalue weighted by Crippen LogP contribution is -2.54. The monoisotopic (exact) mass is 459 g/mol. The van der Waals surface area contributed by atoms with Gasteiger partial charge in [-0.25, -0.2) is 0 Å². The van der Waals surface area contributed by atoms with Crippen molar-refractivity contribution in [3.05, 3.63) is 63.6 Å². The van der Waals surface area contributed by atoms with E-state index in [4.69, 9.17) is 23.2 Å². The highest BCUT2D eigenvalue weighted by Gasteiger charge is 2.71. The summed E-state index contributed by atoms with van der Waals surface area (Å²) >= 11 is 12.5. The Morgan fingerprint density at radius 3 is 2.48 bits per heavy atom. The van der Waals surface area contributed by atoms with Gasteiger partial charge in [0.25, 0.3) is 0 Å². The van der Waals surface area contributed by atoms with E-state index < -0.39 is 47.2 Å². The molecule has 0 aliphatic carbocycles. The number of rotatable bonds is 3. The zero-order chi connectivity index (χ0) is 22.1. The third-order valence-electron chi connectivity index (χ3n) is 6.53. The molecule has 3 heterocycles. The van der Waals surface area contributed by atoms with Gasteiger partial charge in [-0.2, -0.15) is 0 Å². The van der Waals surface area contributed by atoms with E-state index in [2.05, 4.69) is 10.6 Å². The number of hydrogen-bond acceptors (Lipinski definition) is 5. The van der Waals surface area contributed by atoms with Crippen LogP contribution < -0.4 is 10.6 Å². The van der Waals surface area contributed by atoms with Crippen LogP contribution in [0.15, 0.2) is 42.5 Å². The molecular formula is C22H19Cl2N3O4. The second kappa shape index (κ2) is 7.03. The van der Waals surface area contributed by atoms with Crippen LogP contribution in [0.5, 0.6) is 0 Å². The average Bonchev–Trinajstić information content (AvgIpc) is 3.32. The predicted molar refractivity (Wildman–Crippen MR) is 114 cm³/mol. The summed E-state index contributed by atoms with van der Waals surface area (Å²) in [6.45, 7) is 1.53. The fourth-order valence-corrected chi connectivity index (χ4v) is 5.57. The summed E-state index contributed by atoms with van der Waals surface area (Å²) in [6, 6.07) is 11.2. The van der Waals surface area contributed by atoms with Gasteiger partial charge in [-0.15, -0.1) is 0 Å². The minimum atomic E-state index is -1.49. The number of nitrogens with one attached hydrogen (secondary N) is 2. The van der Waals surface area contributed by atoms with Gasteiger partial charge in [-0.1, -0.05) is 53.5 Å². The van der Waals surface area contributed by atoms with Gasteiger partial charge in [0.2, 0.25) is 17.7 Å². The Labute approximate surface area is 188 Å². The first kappa shape index (κ1) is 20.5. The van der Waals surface area contributed by atoms with Crippen molar-refractivity contribution in [2.75, 3.05) is 5.32 Å². The Balaban J connectivity index is 1.63. The number of aliphatic hydroxyl groups is 1. The summed E-state index contributed by atoms with van der Waals surface area (Å²) < 4.78 is 0. The zero-order valence-corrected chi connectivity index (χ0v) is 17.9. The van der Waals surface area contributed by atoms with E-state index in [0.29, 0.717) is 26.9 Å². The van der Waals surface area contributed by atoms with Crippen LogP contribution in [0.4, 0.5) is 5.69 Å². The van der Waals surface area contributed by atoms with Gasteiger partial charge < -0.3 is 10.4 Å². The Hall–Kier alpha value is -2.45. The Morgan fingerprint density at radius 1 is 1.06 bits per heavy atom. The summed E-state index contributed by atoms with van der Waals surface area (Å²) in [5.74, 6) is -3.29. The average molecular weight is 460 g/mol. The van der Waals surface area contributed by atoms with E-state index in [1.807, 2.05) is 0 Å². The van der Waals surface area contributed by atoms with Gasteiger partial charge in [0, 0.05) is 16.6 Å². The van der Waals surface area contributed by atoms with Crippen molar-refractivity contribution in [2.45, 2.75) is 31.2 Å². The standard InChI is InChI=1S/C22H19Cl2N3O4/c1-10(28)17-15-16(20(30)27(19(15)29)9-11-5-2-3-7-13(11)23)22(26-17)12-6-4-8-14(24)18(12)25-21(22)31/h2-8,10,15-17,26,28H,9H2,1H3,(H,25,31)/t10-,15-,16-,17-,22-/m0/s1. The molecule has 5 atom stereocenters. The first-order valence-electron chi connectivity index (χ1n) is 9.92. The topological polar surface area (TPSA) is 98.7 Å². The third kappa shape index (κ3) is 2.70. The molecule has 0 aromatic heterocycles. The maximum absolute atomic E-state index is 13.6. The lowest BCUT2D eigenvalue weighted by molar-refractivity contribution is -0.143. The number of likely N-dealkylation sites (tertiary alicyclic amines) is 1. The van der Waals surface area contributed by atoms with Crippen LogP contribution in [0.25, 0.3) is 0 Å². The molecule has 0 radical (unpaired) electrons. The van der Waals surface area contributed by atoms with Gasteiger partial charge in [-0.05, 0) is 24.6 Å². The number of carbonyl (C=O) groups is 3. The maximum atomic E-state index is 13.6. The summed E-state index contributed by atoms with van der Waals surface area (Å²) in [5.41, 5.74) is 0.0512. The lowest BCUT2D eigenvalue weighted by atomic mass is 9.76. The van der Waals surface area contributed by atoms with E-state index >= 15 is 0 Å². The van der Waals surface area contributed by atoms with Gasteiger partial charge in [-0.3, -0.25) is 24.6 Å². The fraction of sp³-hybridized carbons (Fsp3) is 0.318. The number of anilines is 1. The van der Waals surface area contributed by atoms with E-state index in [9.17, 15) is 19.5 Å². The van der Waals surface area contributed by atoms with Crippen molar-refractivity contribution in [1.29, 1.82) is 0 Å². The molecule has 5 rings (SSSR count). The van der Waals surface area contributed by atoms with Gasteiger partial charge >= 0.3 is 0 Å². The molecule has 3 N–H and O–H groups in total. The van der Waals surface area contributed by atoms with Crippen molar-refractivity contribution >= 4 is 46.6 Å². The molecule has 2 aromatic rings. The number of amides is 3. The first-order valence-corrected chi connectivity index (χ1v) is 10.7. The van der Waals surface area contributed by atoms with Crippen LogP contribution in [0.3, 0.4) is 0 Å². The van der Waals surface area contributed by atoms with E-state index in [1.165, 1.54) is 6.92 Å². The molecule has 0 saturated carbocycles. The van der Waals surface area contributed by atoms with E-state index in [0.717, 1.165) is 4.90 Å². The third-order valence-corrected chi connectivity index (χ3v) is 7.21. The molecule has 31 heavy (non-hydrogen) atoms. The predicted octanol–water partition coefficient (Wildman–Crippen LogP) is 2.29. The van der Waals surface area contributed by atoms with Crippen LogP contribution in [0.1, 0.15) is 18.1 Å². The van der Waals surface area contributed by atoms with E-state index in [1.54, 1.807) is 42.5 Å². The normalized spacial score (nSPS) is 30.0. The Bertz CT molecular complexity index is 1140. The number of carbonyl (C=O) groups excluding carboxylic acids is 3. The van der Waals surface area contributed by atoms with Crippen LogP contribution in [0, 0.1) is 11.8 Å². The highest BCUT2D eigenvalue weighted by molar-refractivity contribution is 6.35. The summed E-state index contributed by atoms with van der Waals surface area (Å²) in [6.07, 6.45) is -0.972. The second-order valence-electron chi connectivity index (χ2n) is 8.19. The molecule has 0 bridgehead atoms. The van der Waals surface area contributed by atoms with Crippen molar-refractivity contribution in [2.24, 2.45) is 11.8 Å². The molecule has 9 heteroatoms. The van der Waals surface area contributed by atoms with Crippen LogP contribution >= 0.6 is 23.2 Å².